The highest BCUT2D eigenvalue weighted by molar-refractivity contribution is 7.91. The molecule has 1 aliphatic heterocycles. The fourth-order valence-corrected chi connectivity index (χ4v) is 8.71. The number of fused-ring (bicyclic) bond motifs is 1. The van der Waals surface area contributed by atoms with Crippen molar-refractivity contribution in [3.63, 3.8) is 0 Å². The number of pyridine rings is 1. The quantitative estimate of drug-likeness (QED) is 0.280. The van der Waals surface area contributed by atoms with E-state index in [4.69, 9.17) is 16.6 Å². The van der Waals surface area contributed by atoms with Crippen LogP contribution in [-0.4, -0.2) is 41.2 Å². The molecule has 4 heterocycles. The van der Waals surface area contributed by atoms with Crippen LogP contribution in [0, 0.1) is 0 Å². The number of carbonyl (C=O) groups excluding carboxylic acids is 1. The van der Waals surface area contributed by atoms with Crippen molar-refractivity contribution in [2.45, 2.75) is 49.4 Å². The minimum absolute atomic E-state index is 0.144. The van der Waals surface area contributed by atoms with E-state index in [1.807, 2.05) is 30.3 Å². The Labute approximate surface area is 223 Å². The Hall–Kier alpha value is -2.37. The number of benzene rings is 1. The zero-order chi connectivity index (χ0) is 25.4. The van der Waals surface area contributed by atoms with E-state index in [0.29, 0.717) is 28.0 Å². The van der Waals surface area contributed by atoms with Crippen LogP contribution in [0.15, 0.2) is 58.9 Å². The summed E-state index contributed by atoms with van der Waals surface area (Å²) in [4.78, 5) is 25.0. The summed E-state index contributed by atoms with van der Waals surface area (Å²) in [5.74, 6) is -0.0220. The van der Waals surface area contributed by atoms with Gasteiger partial charge in [0, 0.05) is 12.7 Å². The van der Waals surface area contributed by atoms with Crippen LogP contribution in [0.2, 0.25) is 4.34 Å². The van der Waals surface area contributed by atoms with Gasteiger partial charge in [0.25, 0.3) is 10.0 Å². The first kappa shape index (κ1) is 25.3. The third-order valence-corrected chi connectivity index (χ3v) is 10.9. The lowest BCUT2D eigenvalue weighted by Gasteiger charge is -2.28. The first-order chi connectivity index (χ1) is 17.3. The summed E-state index contributed by atoms with van der Waals surface area (Å²) in [6.45, 7) is 4.71. The van der Waals surface area contributed by atoms with E-state index in [9.17, 15) is 13.2 Å². The van der Waals surface area contributed by atoms with Crippen LogP contribution >= 0.6 is 34.3 Å². The molecular formula is C25H25ClN4O3S3. The van der Waals surface area contributed by atoms with Crippen molar-refractivity contribution in [1.82, 2.24) is 14.3 Å². The zero-order valence-corrected chi connectivity index (χ0v) is 23.0. The lowest BCUT2D eigenvalue weighted by molar-refractivity contribution is -0.121. The number of sulfonamides is 1. The molecule has 0 N–H and O–H groups in total. The number of nitrogens with zero attached hydrogens (tertiary/aromatic N) is 4. The van der Waals surface area contributed by atoms with Gasteiger partial charge in [-0.15, -0.1) is 11.3 Å². The van der Waals surface area contributed by atoms with Crippen molar-refractivity contribution in [2.75, 3.05) is 11.4 Å². The molecule has 36 heavy (non-hydrogen) atoms. The highest BCUT2D eigenvalue weighted by Crippen LogP contribution is 2.37. The standard InChI is InChI=1S/C25H25ClN4O3S3/c1-16(2)18-8-5-10-20-23(18)28-25(34-20)29(15-17-7-3-4-13-27-17)24(31)19-9-6-14-30(19)36(32,33)22-12-11-21(26)35-22/h3-5,7-8,10-13,16,19H,6,9,14-15H2,1-2H3. The Bertz CT molecular complexity index is 1500. The summed E-state index contributed by atoms with van der Waals surface area (Å²) in [6.07, 6.45) is 2.72. The molecule has 1 aromatic carbocycles. The Morgan fingerprint density at radius 2 is 2.00 bits per heavy atom. The molecule has 0 aliphatic carbocycles. The number of halogens is 1. The molecule has 5 rings (SSSR count). The Morgan fingerprint density at radius 1 is 1.17 bits per heavy atom. The summed E-state index contributed by atoms with van der Waals surface area (Å²) in [5, 5.41) is 0.539. The molecule has 1 fully saturated rings. The summed E-state index contributed by atoms with van der Waals surface area (Å²) in [5.41, 5.74) is 2.68. The van der Waals surface area contributed by atoms with Gasteiger partial charge >= 0.3 is 0 Å². The lowest BCUT2D eigenvalue weighted by atomic mass is 10.0. The van der Waals surface area contributed by atoms with Crippen LogP contribution in [0.25, 0.3) is 10.2 Å². The number of anilines is 1. The van der Waals surface area contributed by atoms with Crippen LogP contribution in [0.1, 0.15) is 43.9 Å². The second-order valence-corrected chi connectivity index (χ2v) is 13.8. The third kappa shape index (κ3) is 4.80. The zero-order valence-electron chi connectivity index (χ0n) is 19.8. The monoisotopic (exact) mass is 560 g/mol. The molecule has 0 bridgehead atoms. The molecule has 0 saturated carbocycles. The van der Waals surface area contributed by atoms with Crippen molar-refractivity contribution >= 4 is 65.6 Å². The maximum Gasteiger partial charge on any atom is 0.253 e. The molecule has 1 aliphatic rings. The minimum atomic E-state index is -3.86. The molecule has 1 unspecified atom stereocenters. The van der Waals surface area contributed by atoms with E-state index in [1.165, 1.54) is 21.7 Å². The van der Waals surface area contributed by atoms with Gasteiger partial charge in [0.05, 0.1) is 26.8 Å². The molecule has 1 saturated heterocycles. The van der Waals surface area contributed by atoms with Crippen LogP contribution in [0.5, 0.6) is 0 Å². The molecule has 0 spiro atoms. The Morgan fingerprint density at radius 3 is 2.69 bits per heavy atom. The number of carbonyl (C=O) groups is 1. The number of aromatic nitrogens is 2. The van der Waals surface area contributed by atoms with E-state index in [1.54, 1.807) is 17.2 Å². The van der Waals surface area contributed by atoms with Crippen molar-refractivity contribution in [2.24, 2.45) is 0 Å². The van der Waals surface area contributed by atoms with E-state index in [2.05, 4.69) is 24.9 Å². The Kier molecular flexibility index (Phi) is 7.15. The van der Waals surface area contributed by atoms with Gasteiger partial charge in [0.15, 0.2) is 5.13 Å². The van der Waals surface area contributed by atoms with Crippen LogP contribution in [-0.2, 0) is 21.4 Å². The van der Waals surface area contributed by atoms with Gasteiger partial charge in [-0.05, 0) is 54.7 Å². The summed E-state index contributed by atoms with van der Waals surface area (Å²) in [6, 6.07) is 13.8. The summed E-state index contributed by atoms with van der Waals surface area (Å²) in [7, 11) is -3.86. The normalized spacial score (nSPS) is 16.7. The van der Waals surface area contributed by atoms with Crippen molar-refractivity contribution in [1.29, 1.82) is 0 Å². The number of amides is 1. The van der Waals surface area contributed by atoms with Crippen LogP contribution < -0.4 is 4.90 Å². The van der Waals surface area contributed by atoms with Gasteiger partial charge in [0.1, 0.15) is 10.3 Å². The van der Waals surface area contributed by atoms with E-state index in [-0.39, 0.29) is 29.1 Å². The molecule has 1 atom stereocenters. The van der Waals surface area contributed by atoms with E-state index >= 15 is 0 Å². The average molecular weight is 561 g/mol. The first-order valence-electron chi connectivity index (χ1n) is 11.6. The maximum absolute atomic E-state index is 14.1. The lowest BCUT2D eigenvalue weighted by Crippen LogP contribution is -2.47. The molecule has 1 amide bonds. The van der Waals surface area contributed by atoms with E-state index in [0.717, 1.165) is 27.1 Å². The predicted octanol–water partition coefficient (Wildman–Crippen LogP) is 5.92. The summed E-state index contributed by atoms with van der Waals surface area (Å²) >= 11 is 8.45. The van der Waals surface area contributed by atoms with Crippen molar-refractivity contribution in [3.05, 3.63) is 70.3 Å². The number of hydrogen-bond donors (Lipinski definition) is 0. The topological polar surface area (TPSA) is 83.5 Å². The van der Waals surface area contributed by atoms with Crippen LogP contribution in [0.3, 0.4) is 0 Å². The summed E-state index contributed by atoms with van der Waals surface area (Å²) < 4.78 is 29.7. The van der Waals surface area contributed by atoms with Gasteiger partial charge in [-0.3, -0.25) is 14.7 Å². The number of rotatable bonds is 7. The van der Waals surface area contributed by atoms with Gasteiger partial charge in [-0.1, -0.05) is 55.0 Å². The van der Waals surface area contributed by atoms with Gasteiger partial charge in [-0.2, -0.15) is 4.31 Å². The fraction of sp³-hybridized carbons (Fsp3) is 0.320. The van der Waals surface area contributed by atoms with Crippen molar-refractivity contribution < 1.29 is 13.2 Å². The molecule has 4 aromatic rings. The maximum atomic E-state index is 14.1. The number of hydrogen-bond acceptors (Lipinski definition) is 7. The number of thiophene rings is 1. The SMILES string of the molecule is CC(C)c1cccc2sc(N(Cc3ccccn3)C(=O)C3CCCN3S(=O)(=O)c3ccc(Cl)s3)nc12. The minimum Gasteiger partial charge on any atom is -0.281 e. The van der Waals surface area contributed by atoms with E-state index < -0.39 is 16.1 Å². The van der Waals surface area contributed by atoms with Gasteiger partial charge in [-0.25, -0.2) is 13.4 Å². The second-order valence-electron chi connectivity index (χ2n) is 8.92. The number of thiazole rings is 1. The van der Waals surface area contributed by atoms with Gasteiger partial charge < -0.3 is 0 Å². The molecule has 188 valence electrons. The molecule has 3 aromatic heterocycles. The first-order valence-corrected chi connectivity index (χ1v) is 15.1. The predicted molar refractivity (Wildman–Crippen MR) is 145 cm³/mol. The Balaban J connectivity index is 1.55. The molecule has 0 radical (unpaired) electrons. The average Bonchev–Trinajstić information content (AvgIpc) is 3.61. The second kappa shape index (κ2) is 10.2. The smallest absolute Gasteiger partial charge is 0.253 e. The third-order valence-electron chi connectivity index (χ3n) is 6.20. The largest absolute Gasteiger partial charge is 0.281 e. The van der Waals surface area contributed by atoms with Crippen molar-refractivity contribution in [3.8, 4) is 0 Å². The highest BCUT2D eigenvalue weighted by Gasteiger charge is 2.42. The molecule has 7 nitrogen and oxygen atoms in total. The van der Waals surface area contributed by atoms with Gasteiger partial charge in [0.2, 0.25) is 5.91 Å². The fourth-order valence-electron chi connectivity index (χ4n) is 4.44. The molecule has 11 heteroatoms. The highest BCUT2D eigenvalue weighted by atomic mass is 35.5. The number of para-hydroxylation sites is 1. The van der Waals surface area contributed by atoms with Crippen LogP contribution in [0.4, 0.5) is 5.13 Å². The molecular weight excluding hydrogens is 536 g/mol.